The minimum absolute atomic E-state index is 0.00166. The molecular weight excluding hydrogens is 634 g/mol. The fourth-order valence-corrected chi connectivity index (χ4v) is 8.89. The van der Waals surface area contributed by atoms with Gasteiger partial charge in [-0.1, -0.05) is 39.5 Å². The number of ether oxygens (including phenoxy) is 3. The second-order valence-electron chi connectivity index (χ2n) is 15.3. The number of alkyl halides is 2. The van der Waals surface area contributed by atoms with Gasteiger partial charge in [0.05, 0.1) is 30.7 Å². The lowest BCUT2D eigenvalue weighted by Gasteiger charge is -2.42. The van der Waals surface area contributed by atoms with E-state index in [-0.39, 0.29) is 36.1 Å². The molecule has 3 heterocycles. The Balaban J connectivity index is 1.43. The molecule has 6 rings (SSSR count). The number of hydrogen-bond donors (Lipinski definition) is 1. The molecule has 0 spiro atoms. The molecule has 10 nitrogen and oxygen atoms in total. The van der Waals surface area contributed by atoms with Crippen LogP contribution in [0.4, 0.5) is 13.6 Å². The quantitative estimate of drug-likeness (QED) is 0.363. The van der Waals surface area contributed by atoms with E-state index < -0.39 is 65.2 Å². The number of rotatable bonds is 3. The molecule has 2 aromatic rings. The van der Waals surface area contributed by atoms with E-state index in [4.69, 9.17) is 14.2 Å². The lowest BCUT2D eigenvalue weighted by molar-refractivity contribution is -0.142. The summed E-state index contributed by atoms with van der Waals surface area (Å²) in [6.45, 7) is 7.09. The Hall–Kier alpha value is -3.57. The molecule has 268 valence electrons. The second-order valence-corrected chi connectivity index (χ2v) is 15.3. The van der Waals surface area contributed by atoms with Crippen LogP contribution < -0.4 is 14.8 Å². The minimum Gasteiger partial charge on any atom is -0.497 e. The van der Waals surface area contributed by atoms with Gasteiger partial charge in [-0.2, -0.15) is 8.78 Å². The highest BCUT2D eigenvalue weighted by Gasteiger charge is 2.52. The molecule has 1 aromatic heterocycles. The SMILES string of the molecule is COc1ccc2nc3c(nc2c1)O[C@H]1CN(C(=O)[C@H](C2(C)CCCCC2)NC(=O)O[C@]2(C)CCC[C@H]2CCCCC3(F)F)[C@H](C(C)=O)[C@@H]1C. The van der Waals surface area contributed by atoms with Crippen LogP contribution in [-0.2, 0) is 20.2 Å². The molecule has 6 atom stereocenters. The number of Topliss-reactive ketones (excluding diaryl/α,β-unsaturated/α-hetero) is 1. The molecule has 2 bridgehead atoms. The topological polar surface area (TPSA) is 120 Å². The Kier molecular flexibility index (Phi) is 9.80. The molecule has 1 saturated heterocycles. The third kappa shape index (κ3) is 6.93. The molecule has 1 N–H and O–H groups in total. The fraction of sp³-hybridized carbons (Fsp3) is 0.703. The summed E-state index contributed by atoms with van der Waals surface area (Å²) in [5.41, 5.74) is -1.30. The number of benzene rings is 1. The first-order valence-electron chi connectivity index (χ1n) is 18.0. The first-order chi connectivity index (χ1) is 23.2. The van der Waals surface area contributed by atoms with Crippen LogP contribution in [-0.4, -0.2) is 70.1 Å². The third-order valence-corrected chi connectivity index (χ3v) is 11.9. The van der Waals surface area contributed by atoms with Crippen molar-refractivity contribution >= 4 is 28.8 Å². The number of ketones is 1. The molecule has 0 radical (unpaired) electrons. The number of aromatic nitrogens is 2. The average molecular weight is 685 g/mol. The van der Waals surface area contributed by atoms with Gasteiger partial charge < -0.3 is 24.4 Å². The van der Waals surface area contributed by atoms with E-state index in [0.717, 1.165) is 44.9 Å². The lowest BCUT2D eigenvalue weighted by atomic mass is 9.70. The van der Waals surface area contributed by atoms with Gasteiger partial charge in [0.15, 0.2) is 11.5 Å². The number of alkyl carbamates (subject to hydrolysis) is 1. The standard InChI is InChI=1S/C37H50F2N4O6/c1-22-28-21-43(29(22)23(2)44)33(45)31(35(3)16-8-6-9-17-35)42-34(46)49-36(4)18-11-13-24(36)12-7-10-19-37(38,39)30-32(48-28)41-27-20-25(47-5)14-15-26(27)40-30/h14-15,20,22,24,28-29,31H,6-13,16-19,21H2,1-5H3,(H,42,46)/t22-,24-,28+,29+,31-,36-/m1/s1. The predicted octanol–water partition coefficient (Wildman–Crippen LogP) is 7.11. The number of methoxy groups -OCH3 is 1. The molecule has 2 saturated carbocycles. The number of amides is 2. The zero-order chi connectivity index (χ0) is 35.1. The number of hydrogen-bond acceptors (Lipinski definition) is 8. The van der Waals surface area contributed by atoms with Crippen LogP contribution in [0, 0.1) is 17.3 Å². The molecule has 12 heteroatoms. The monoisotopic (exact) mass is 684 g/mol. The van der Waals surface area contributed by atoms with Gasteiger partial charge in [0.25, 0.3) is 5.92 Å². The van der Waals surface area contributed by atoms with E-state index in [1.54, 1.807) is 25.1 Å². The molecule has 3 fully saturated rings. The average Bonchev–Trinajstić information content (AvgIpc) is 3.58. The Morgan fingerprint density at radius 3 is 2.41 bits per heavy atom. The Morgan fingerprint density at radius 1 is 0.980 bits per heavy atom. The Morgan fingerprint density at radius 2 is 1.69 bits per heavy atom. The first-order valence-corrected chi connectivity index (χ1v) is 18.0. The summed E-state index contributed by atoms with van der Waals surface area (Å²) < 4.78 is 50.2. The maximum atomic E-state index is 16.2. The number of nitrogens with zero attached hydrogens (tertiary/aromatic N) is 3. The number of carbonyl (C=O) groups is 3. The number of halogens is 2. The van der Waals surface area contributed by atoms with Crippen LogP contribution in [0.25, 0.3) is 11.0 Å². The van der Waals surface area contributed by atoms with E-state index in [2.05, 4.69) is 15.3 Å². The number of nitrogens with one attached hydrogen (secondary N) is 1. The zero-order valence-electron chi connectivity index (χ0n) is 29.4. The summed E-state index contributed by atoms with van der Waals surface area (Å²) in [5.74, 6) is -4.40. The van der Waals surface area contributed by atoms with Gasteiger partial charge >= 0.3 is 6.09 Å². The number of fused-ring (bicyclic) bond motifs is 5. The van der Waals surface area contributed by atoms with Crippen molar-refractivity contribution in [3.05, 3.63) is 23.9 Å². The van der Waals surface area contributed by atoms with Crippen molar-refractivity contribution < 1.29 is 37.4 Å². The molecule has 4 aliphatic rings. The smallest absolute Gasteiger partial charge is 0.408 e. The summed E-state index contributed by atoms with van der Waals surface area (Å²) in [5, 5.41) is 3.00. The number of carbonyl (C=O) groups excluding carboxylic acids is 3. The molecule has 2 amide bonds. The summed E-state index contributed by atoms with van der Waals surface area (Å²) in [6.07, 6.45) is 6.07. The highest BCUT2D eigenvalue weighted by Crippen LogP contribution is 2.45. The lowest BCUT2D eigenvalue weighted by Crippen LogP contribution is -2.59. The summed E-state index contributed by atoms with van der Waals surface area (Å²) in [7, 11) is 1.50. The van der Waals surface area contributed by atoms with Gasteiger partial charge in [-0.15, -0.1) is 0 Å². The van der Waals surface area contributed by atoms with Gasteiger partial charge in [0, 0.05) is 18.4 Å². The molecular formula is C37H50F2N4O6. The first kappa shape index (κ1) is 35.3. The van der Waals surface area contributed by atoms with Crippen molar-refractivity contribution in [3.63, 3.8) is 0 Å². The van der Waals surface area contributed by atoms with E-state index in [1.165, 1.54) is 18.9 Å². The van der Waals surface area contributed by atoms with Crippen molar-refractivity contribution in [2.75, 3.05) is 13.7 Å². The van der Waals surface area contributed by atoms with Crippen molar-refractivity contribution in [2.24, 2.45) is 17.3 Å². The van der Waals surface area contributed by atoms with Crippen molar-refractivity contribution in [3.8, 4) is 11.6 Å². The van der Waals surface area contributed by atoms with E-state index in [9.17, 15) is 14.4 Å². The molecule has 0 unspecified atom stereocenters. The highest BCUT2D eigenvalue weighted by atomic mass is 19.3. The van der Waals surface area contributed by atoms with Gasteiger partial charge in [-0.25, -0.2) is 14.8 Å². The van der Waals surface area contributed by atoms with Crippen LogP contribution >= 0.6 is 0 Å². The van der Waals surface area contributed by atoms with Crippen molar-refractivity contribution in [1.82, 2.24) is 20.2 Å². The van der Waals surface area contributed by atoms with Crippen LogP contribution in [0.3, 0.4) is 0 Å². The molecule has 1 aromatic carbocycles. The normalized spacial score (nSPS) is 32.1. The molecule has 2 aliphatic heterocycles. The van der Waals surface area contributed by atoms with Crippen LogP contribution in [0.15, 0.2) is 18.2 Å². The minimum atomic E-state index is -3.37. The maximum absolute atomic E-state index is 16.2. The van der Waals surface area contributed by atoms with E-state index in [0.29, 0.717) is 30.5 Å². The molecule has 49 heavy (non-hydrogen) atoms. The van der Waals surface area contributed by atoms with Crippen molar-refractivity contribution in [2.45, 2.75) is 134 Å². The summed E-state index contributed by atoms with van der Waals surface area (Å²) >= 11 is 0. The van der Waals surface area contributed by atoms with Crippen molar-refractivity contribution in [1.29, 1.82) is 0 Å². The largest absolute Gasteiger partial charge is 0.497 e. The van der Waals surface area contributed by atoms with Gasteiger partial charge in [0.1, 0.15) is 23.5 Å². The van der Waals surface area contributed by atoms with E-state index >= 15 is 8.78 Å². The van der Waals surface area contributed by atoms with Gasteiger partial charge in [-0.3, -0.25) is 9.59 Å². The maximum Gasteiger partial charge on any atom is 0.408 e. The molecule has 2 aliphatic carbocycles. The predicted molar refractivity (Wildman–Crippen MR) is 179 cm³/mol. The van der Waals surface area contributed by atoms with Crippen LogP contribution in [0.2, 0.25) is 0 Å². The summed E-state index contributed by atoms with van der Waals surface area (Å²) in [6, 6.07) is 3.02. The van der Waals surface area contributed by atoms with Crippen LogP contribution in [0.1, 0.15) is 110 Å². The van der Waals surface area contributed by atoms with Crippen LogP contribution in [0.5, 0.6) is 11.6 Å². The Bertz CT molecular complexity index is 1580. The third-order valence-electron chi connectivity index (χ3n) is 11.9. The summed E-state index contributed by atoms with van der Waals surface area (Å²) in [4.78, 5) is 52.0. The zero-order valence-corrected chi connectivity index (χ0v) is 29.4. The van der Waals surface area contributed by atoms with Gasteiger partial charge in [0.2, 0.25) is 11.8 Å². The second kappa shape index (κ2) is 13.6. The van der Waals surface area contributed by atoms with E-state index in [1.807, 2.05) is 13.8 Å². The van der Waals surface area contributed by atoms with Gasteiger partial charge in [-0.05, 0) is 82.3 Å². The Labute approximate surface area is 287 Å². The fourth-order valence-electron chi connectivity index (χ4n) is 8.89. The highest BCUT2D eigenvalue weighted by molar-refractivity contribution is 5.92.